The molecule has 0 aliphatic heterocycles. The van der Waals surface area contributed by atoms with Crippen LogP contribution in [0.4, 0.5) is 19.3 Å². The lowest BCUT2D eigenvalue weighted by Crippen LogP contribution is -2.34. The highest BCUT2D eigenvalue weighted by Crippen LogP contribution is 2.22. The number of aryl methyl sites for hydroxylation is 3. The first kappa shape index (κ1) is 29.2. The van der Waals surface area contributed by atoms with E-state index in [4.69, 9.17) is 4.74 Å². The maximum atomic E-state index is 13.2. The van der Waals surface area contributed by atoms with E-state index in [0.29, 0.717) is 34.2 Å². The van der Waals surface area contributed by atoms with E-state index in [0.717, 1.165) is 30.1 Å². The van der Waals surface area contributed by atoms with Crippen molar-refractivity contribution in [1.82, 2.24) is 29.9 Å². The van der Waals surface area contributed by atoms with Crippen LogP contribution < -0.4 is 4.90 Å². The number of amides is 1. The zero-order valence-electron chi connectivity index (χ0n) is 23.0. The summed E-state index contributed by atoms with van der Waals surface area (Å²) in [6.07, 6.45) is 9.00. The number of nitrogens with zero attached hydrogens (tertiary/aromatic N) is 7. The molecular weight excluding hydrogens is 504 g/mol. The summed E-state index contributed by atoms with van der Waals surface area (Å²) in [4.78, 5) is 38.0. The van der Waals surface area contributed by atoms with Crippen molar-refractivity contribution in [3.05, 3.63) is 77.9 Å². The van der Waals surface area contributed by atoms with Crippen molar-refractivity contribution in [2.45, 2.75) is 53.6 Å². The standard InChI is InChI=1S/C16H19FN4O2.C12H12FN3/c1-10-13(21(5)15(22)23-16(2,3)4)9-19-14(20-10)11-6-12(17)8-18-7-11;1-3-9-6-15-12(16-8(9)2)10-4-11(13)7-14-5-10/h6-9H,1-5H3;4-7H,3H2,1-2H3. The Kier molecular flexibility index (Phi) is 9.29. The number of rotatable bonds is 4. The van der Waals surface area contributed by atoms with Gasteiger partial charge in [-0.1, -0.05) is 6.92 Å². The number of pyridine rings is 2. The van der Waals surface area contributed by atoms with Crippen molar-refractivity contribution in [3.8, 4) is 22.8 Å². The molecule has 1 amide bonds. The van der Waals surface area contributed by atoms with Crippen LogP contribution in [0.15, 0.2) is 49.3 Å². The van der Waals surface area contributed by atoms with Gasteiger partial charge in [0.2, 0.25) is 0 Å². The molecule has 4 rings (SSSR count). The minimum Gasteiger partial charge on any atom is -0.443 e. The molecule has 11 heteroatoms. The summed E-state index contributed by atoms with van der Waals surface area (Å²) < 4.78 is 31.5. The van der Waals surface area contributed by atoms with Crippen LogP contribution in [0.2, 0.25) is 0 Å². The van der Waals surface area contributed by atoms with E-state index in [1.54, 1.807) is 47.1 Å². The van der Waals surface area contributed by atoms with Crippen LogP contribution in [0, 0.1) is 25.5 Å². The van der Waals surface area contributed by atoms with Gasteiger partial charge in [-0.25, -0.2) is 33.5 Å². The summed E-state index contributed by atoms with van der Waals surface area (Å²) in [6, 6.07) is 2.69. The first-order valence-corrected chi connectivity index (χ1v) is 12.2. The summed E-state index contributed by atoms with van der Waals surface area (Å²) in [5, 5.41) is 0. The largest absolute Gasteiger partial charge is 0.443 e. The van der Waals surface area contributed by atoms with Crippen LogP contribution >= 0.6 is 0 Å². The zero-order chi connectivity index (χ0) is 28.7. The van der Waals surface area contributed by atoms with Crippen molar-refractivity contribution in [3.63, 3.8) is 0 Å². The average molecular weight is 536 g/mol. The van der Waals surface area contributed by atoms with Gasteiger partial charge in [0.15, 0.2) is 11.6 Å². The van der Waals surface area contributed by atoms with E-state index in [2.05, 4.69) is 36.8 Å². The van der Waals surface area contributed by atoms with Crippen molar-refractivity contribution in [2.75, 3.05) is 11.9 Å². The molecule has 4 heterocycles. The predicted octanol–water partition coefficient (Wildman–Crippen LogP) is 5.91. The molecule has 0 saturated heterocycles. The van der Waals surface area contributed by atoms with E-state index in [9.17, 15) is 13.6 Å². The van der Waals surface area contributed by atoms with Crippen molar-refractivity contribution < 1.29 is 18.3 Å². The number of anilines is 1. The quantitative estimate of drug-likeness (QED) is 0.318. The fourth-order valence-corrected chi connectivity index (χ4v) is 3.40. The highest BCUT2D eigenvalue weighted by Gasteiger charge is 2.22. The molecule has 4 aromatic heterocycles. The van der Waals surface area contributed by atoms with Gasteiger partial charge in [0.1, 0.15) is 17.2 Å². The van der Waals surface area contributed by atoms with E-state index in [1.165, 1.54) is 29.4 Å². The lowest BCUT2D eigenvalue weighted by atomic mass is 10.2. The maximum Gasteiger partial charge on any atom is 0.414 e. The first-order valence-electron chi connectivity index (χ1n) is 12.2. The second-order valence-electron chi connectivity index (χ2n) is 9.65. The molecule has 0 unspecified atom stereocenters. The minimum atomic E-state index is -0.590. The van der Waals surface area contributed by atoms with Gasteiger partial charge in [0.25, 0.3) is 0 Å². The third-order valence-electron chi connectivity index (χ3n) is 5.37. The molecule has 0 aromatic carbocycles. The van der Waals surface area contributed by atoms with Crippen LogP contribution in [0.1, 0.15) is 44.6 Å². The highest BCUT2D eigenvalue weighted by molar-refractivity contribution is 5.87. The Morgan fingerprint density at radius 1 is 0.846 bits per heavy atom. The van der Waals surface area contributed by atoms with Gasteiger partial charge in [-0.3, -0.25) is 14.9 Å². The second kappa shape index (κ2) is 12.4. The molecule has 204 valence electrons. The van der Waals surface area contributed by atoms with Crippen molar-refractivity contribution in [2.24, 2.45) is 0 Å². The predicted molar refractivity (Wildman–Crippen MR) is 144 cm³/mol. The third kappa shape index (κ3) is 8.03. The van der Waals surface area contributed by atoms with Gasteiger partial charge in [-0.15, -0.1) is 0 Å². The minimum absolute atomic E-state index is 0.343. The molecule has 0 fully saturated rings. The number of hydrogen-bond donors (Lipinski definition) is 0. The molecule has 0 saturated carbocycles. The monoisotopic (exact) mass is 535 g/mol. The molecule has 0 radical (unpaired) electrons. The molecule has 4 aromatic rings. The molecule has 0 aliphatic rings. The Bertz CT molecular complexity index is 1460. The van der Waals surface area contributed by atoms with Crippen molar-refractivity contribution in [1.29, 1.82) is 0 Å². The molecule has 0 atom stereocenters. The zero-order valence-corrected chi connectivity index (χ0v) is 23.0. The summed E-state index contributed by atoms with van der Waals surface area (Å²) in [5.41, 5.74) is 3.61. The van der Waals surface area contributed by atoms with Crippen LogP contribution in [-0.2, 0) is 11.2 Å². The molecule has 0 spiro atoms. The summed E-state index contributed by atoms with van der Waals surface area (Å²) in [5.74, 6) is 0.0227. The number of carbonyl (C=O) groups excluding carboxylic acids is 1. The lowest BCUT2D eigenvalue weighted by Gasteiger charge is -2.25. The van der Waals surface area contributed by atoms with Gasteiger partial charge >= 0.3 is 6.09 Å². The Hall–Kier alpha value is -4.41. The van der Waals surface area contributed by atoms with Crippen LogP contribution in [0.3, 0.4) is 0 Å². The van der Waals surface area contributed by atoms with E-state index < -0.39 is 17.5 Å². The number of aromatic nitrogens is 6. The van der Waals surface area contributed by atoms with Gasteiger partial charge in [-0.2, -0.15) is 0 Å². The molecule has 0 aliphatic carbocycles. The Morgan fingerprint density at radius 2 is 1.36 bits per heavy atom. The smallest absolute Gasteiger partial charge is 0.414 e. The van der Waals surface area contributed by atoms with Crippen LogP contribution in [0.25, 0.3) is 22.8 Å². The molecular formula is C28H31F2N7O2. The van der Waals surface area contributed by atoms with Gasteiger partial charge < -0.3 is 4.74 Å². The number of carbonyl (C=O) groups is 1. The van der Waals surface area contributed by atoms with E-state index >= 15 is 0 Å². The second-order valence-corrected chi connectivity index (χ2v) is 9.65. The van der Waals surface area contributed by atoms with Crippen molar-refractivity contribution >= 4 is 11.8 Å². The fraction of sp³-hybridized carbons (Fsp3) is 0.321. The molecule has 9 nitrogen and oxygen atoms in total. The summed E-state index contributed by atoms with van der Waals surface area (Å²) >= 11 is 0. The normalized spacial score (nSPS) is 10.9. The van der Waals surface area contributed by atoms with Gasteiger partial charge in [0.05, 0.1) is 30.0 Å². The SMILES string of the molecule is CCc1cnc(-c2cncc(F)c2)nc1C.Cc1nc(-c2cncc(F)c2)ncc1N(C)C(=O)OC(C)(C)C. The first-order chi connectivity index (χ1) is 18.4. The van der Waals surface area contributed by atoms with Gasteiger partial charge in [0, 0.05) is 42.5 Å². The lowest BCUT2D eigenvalue weighted by molar-refractivity contribution is 0.0589. The summed E-state index contributed by atoms with van der Waals surface area (Å²) in [6.45, 7) is 11.1. The number of halogens is 2. The number of ether oxygens (including phenoxy) is 1. The van der Waals surface area contributed by atoms with E-state index in [1.807, 2.05) is 6.92 Å². The van der Waals surface area contributed by atoms with Gasteiger partial charge in [-0.05, 0) is 58.7 Å². The average Bonchev–Trinajstić information content (AvgIpc) is 2.87. The summed E-state index contributed by atoms with van der Waals surface area (Å²) in [7, 11) is 1.59. The topological polar surface area (TPSA) is 107 Å². The highest BCUT2D eigenvalue weighted by atomic mass is 19.1. The Morgan fingerprint density at radius 3 is 1.79 bits per heavy atom. The maximum absolute atomic E-state index is 13.2. The number of hydrogen-bond acceptors (Lipinski definition) is 8. The molecule has 0 bridgehead atoms. The van der Waals surface area contributed by atoms with Crippen LogP contribution in [0.5, 0.6) is 0 Å². The fourth-order valence-electron chi connectivity index (χ4n) is 3.40. The molecule has 39 heavy (non-hydrogen) atoms. The van der Waals surface area contributed by atoms with Crippen LogP contribution in [-0.4, -0.2) is 48.6 Å². The Labute approximate surface area is 226 Å². The Balaban J connectivity index is 0.000000230. The van der Waals surface area contributed by atoms with E-state index in [-0.39, 0.29) is 5.82 Å². The third-order valence-corrected chi connectivity index (χ3v) is 5.37. The molecule has 0 N–H and O–H groups in total.